The van der Waals surface area contributed by atoms with Crippen LogP contribution in [-0.2, 0) is 4.79 Å². The summed E-state index contributed by atoms with van der Waals surface area (Å²) in [6, 6.07) is 3.54. The molecule has 0 bridgehead atoms. The second-order valence-electron chi connectivity index (χ2n) is 3.45. The van der Waals surface area contributed by atoms with Crippen molar-refractivity contribution >= 4 is 50.7 Å². The van der Waals surface area contributed by atoms with Crippen LogP contribution in [0.5, 0.6) is 0 Å². The maximum atomic E-state index is 11.0. The molecule has 0 aliphatic rings. The summed E-state index contributed by atoms with van der Waals surface area (Å²) in [5.41, 5.74) is 0.702. The van der Waals surface area contributed by atoms with Crippen LogP contribution in [0.2, 0.25) is 10.0 Å². The second kappa shape index (κ2) is 7.09. The minimum atomic E-state index is 0.0276. The van der Waals surface area contributed by atoms with Gasteiger partial charge in [-0.05, 0) is 18.6 Å². The van der Waals surface area contributed by atoms with Gasteiger partial charge in [-0.25, -0.2) is 0 Å². The highest BCUT2D eigenvalue weighted by Gasteiger charge is 2.07. The fourth-order valence-electron chi connectivity index (χ4n) is 1.30. The van der Waals surface area contributed by atoms with E-state index in [1.54, 1.807) is 19.2 Å². The van der Waals surface area contributed by atoms with Crippen LogP contribution >= 0.6 is 39.1 Å². The van der Waals surface area contributed by atoms with E-state index in [9.17, 15) is 4.79 Å². The van der Waals surface area contributed by atoms with Crippen LogP contribution in [0.4, 0.5) is 5.69 Å². The van der Waals surface area contributed by atoms with Gasteiger partial charge in [0.1, 0.15) is 0 Å². The number of hydrogen-bond donors (Lipinski definition) is 2. The average Bonchev–Trinajstić information content (AvgIpc) is 2.26. The van der Waals surface area contributed by atoms with Crippen molar-refractivity contribution in [3.8, 4) is 0 Å². The summed E-state index contributed by atoms with van der Waals surface area (Å²) in [4.78, 5) is 11.0. The molecule has 0 unspecified atom stereocenters. The lowest BCUT2D eigenvalue weighted by Gasteiger charge is -2.10. The quantitative estimate of drug-likeness (QED) is 0.803. The largest absolute Gasteiger partial charge is 0.383 e. The van der Waals surface area contributed by atoms with E-state index in [0.29, 0.717) is 28.7 Å². The van der Waals surface area contributed by atoms with E-state index in [-0.39, 0.29) is 5.91 Å². The van der Waals surface area contributed by atoms with Gasteiger partial charge in [-0.3, -0.25) is 4.79 Å². The molecule has 6 heteroatoms. The smallest absolute Gasteiger partial charge is 0.219 e. The number of amides is 1. The molecule has 0 aliphatic heterocycles. The molecule has 3 nitrogen and oxygen atoms in total. The summed E-state index contributed by atoms with van der Waals surface area (Å²) < 4.78 is 0.836. The molecule has 0 heterocycles. The Labute approximate surface area is 119 Å². The predicted molar refractivity (Wildman–Crippen MR) is 76.0 cm³/mol. The third-order valence-electron chi connectivity index (χ3n) is 2.17. The number of anilines is 1. The molecule has 0 radical (unpaired) electrons. The Hall–Kier alpha value is -0.450. The number of carbonyl (C=O) groups is 1. The Morgan fingerprint density at radius 3 is 2.47 bits per heavy atom. The highest BCUT2D eigenvalue weighted by molar-refractivity contribution is 9.10. The molecule has 0 fully saturated rings. The van der Waals surface area contributed by atoms with E-state index in [0.717, 1.165) is 10.9 Å². The summed E-state index contributed by atoms with van der Waals surface area (Å²) in [5.74, 6) is 0.0276. The number of carbonyl (C=O) groups excluding carboxylic acids is 1. The predicted octanol–water partition coefficient (Wildman–Crippen LogP) is 3.69. The Morgan fingerprint density at radius 2 is 1.94 bits per heavy atom. The lowest BCUT2D eigenvalue weighted by molar-refractivity contribution is -0.120. The molecule has 2 N–H and O–H groups in total. The van der Waals surface area contributed by atoms with Crippen LogP contribution in [0.3, 0.4) is 0 Å². The minimum absolute atomic E-state index is 0.0276. The van der Waals surface area contributed by atoms with Crippen LogP contribution in [0.1, 0.15) is 12.8 Å². The van der Waals surface area contributed by atoms with E-state index in [2.05, 4.69) is 26.6 Å². The molecule has 0 saturated heterocycles. The second-order valence-corrected chi connectivity index (χ2v) is 5.18. The van der Waals surface area contributed by atoms with Gasteiger partial charge in [0.05, 0.1) is 15.7 Å². The first-order valence-corrected chi connectivity index (χ1v) is 6.68. The fourth-order valence-corrected chi connectivity index (χ4v) is 2.64. The zero-order valence-corrected chi connectivity index (χ0v) is 12.4. The summed E-state index contributed by atoms with van der Waals surface area (Å²) in [7, 11) is 1.62. The van der Waals surface area contributed by atoms with E-state index in [1.807, 2.05) is 0 Å². The van der Waals surface area contributed by atoms with Crippen LogP contribution in [0, 0.1) is 0 Å². The van der Waals surface area contributed by atoms with Gasteiger partial charge in [0.2, 0.25) is 5.91 Å². The van der Waals surface area contributed by atoms with Crippen LogP contribution in [0.25, 0.3) is 0 Å². The van der Waals surface area contributed by atoms with Crippen molar-refractivity contribution in [2.45, 2.75) is 12.8 Å². The molecule has 0 aromatic heterocycles. The van der Waals surface area contributed by atoms with Gasteiger partial charge in [-0.2, -0.15) is 0 Å². The Bertz CT molecular complexity index is 389. The number of halogens is 3. The SMILES string of the molecule is CNC(=O)CCCNc1c(Cl)cc(Br)cc1Cl. The molecular weight excluding hydrogens is 327 g/mol. The van der Waals surface area contributed by atoms with E-state index in [1.165, 1.54) is 0 Å². The summed E-state index contributed by atoms with van der Waals surface area (Å²) in [5, 5.41) is 6.81. The molecule has 0 atom stereocenters. The Morgan fingerprint density at radius 1 is 1.35 bits per heavy atom. The molecular formula is C11H13BrCl2N2O. The van der Waals surface area contributed by atoms with Gasteiger partial charge < -0.3 is 10.6 Å². The highest BCUT2D eigenvalue weighted by Crippen LogP contribution is 2.33. The minimum Gasteiger partial charge on any atom is -0.383 e. The topological polar surface area (TPSA) is 41.1 Å². The molecule has 1 rings (SSSR count). The van der Waals surface area contributed by atoms with Crippen LogP contribution in [0.15, 0.2) is 16.6 Å². The monoisotopic (exact) mass is 338 g/mol. The van der Waals surface area contributed by atoms with Gasteiger partial charge in [0.25, 0.3) is 0 Å². The number of hydrogen-bond acceptors (Lipinski definition) is 2. The van der Waals surface area contributed by atoms with E-state index < -0.39 is 0 Å². The van der Waals surface area contributed by atoms with Gasteiger partial charge in [0.15, 0.2) is 0 Å². The van der Waals surface area contributed by atoms with Crippen molar-refractivity contribution in [1.29, 1.82) is 0 Å². The lowest BCUT2D eigenvalue weighted by Crippen LogP contribution is -2.18. The van der Waals surface area contributed by atoms with Gasteiger partial charge in [0, 0.05) is 24.5 Å². The van der Waals surface area contributed by atoms with E-state index >= 15 is 0 Å². The first-order valence-electron chi connectivity index (χ1n) is 5.13. The number of nitrogens with one attached hydrogen (secondary N) is 2. The average molecular weight is 340 g/mol. The lowest BCUT2D eigenvalue weighted by atomic mass is 10.2. The zero-order valence-electron chi connectivity index (χ0n) is 9.32. The van der Waals surface area contributed by atoms with Crippen molar-refractivity contribution in [3.63, 3.8) is 0 Å². The molecule has 0 saturated carbocycles. The molecule has 17 heavy (non-hydrogen) atoms. The van der Waals surface area contributed by atoms with Crippen molar-refractivity contribution < 1.29 is 4.79 Å². The summed E-state index contributed by atoms with van der Waals surface area (Å²) in [6.45, 7) is 0.647. The highest BCUT2D eigenvalue weighted by atomic mass is 79.9. The number of rotatable bonds is 5. The van der Waals surface area contributed by atoms with Crippen LogP contribution < -0.4 is 10.6 Å². The number of benzene rings is 1. The first kappa shape index (κ1) is 14.6. The summed E-state index contributed by atoms with van der Waals surface area (Å²) >= 11 is 15.4. The molecule has 94 valence electrons. The van der Waals surface area contributed by atoms with Gasteiger partial charge >= 0.3 is 0 Å². The molecule has 1 aromatic rings. The molecule has 1 aromatic carbocycles. The van der Waals surface area contributed by atoms with Crippen molar-refractivity contribution in [2.24, 2.45) is 0 Å². The third kappa shape index (κ3) is 4.74. The maximum absolute atomic E-state index is 11.0. The zero-order chi connectivity index (χ0) is 12.8. The maximum Gasteiger partial charge on any atom is 0.219 e. The summed E-state index contributed by atoms with van der Waals surface area (Å²) in [6.07, 6.45) is 1.21. The van der Waals surface area contributed by atoms with E-state index in [4.69, 9.17) is 23.2 Å². The third-order valence-corrected chi connectivity index (χ3v) is 3.22. The Kier molecular flexibility index (Phi) is 6.09. The molecule has 0 aliphatic carbocycles. The Balaban J connectivity index is 2.50. The van der Waals surface area contributed by atoms with Crippen molar-refractivity contribution in [1.82, 2.24) is 5.32 Å². The van der Waals surface area contributed by atoms with Gasteiger partial charge in [-0.15, -0.1) is 0 Å². The van der Waals surface area contributed by atoms with Crippen molar-refractivity contribution in [3.05, 3.63) is 26.7 Å². The fraction of sp³-hybridized carbons (Fsp3) is 0.364. The van der Waals surface area contributed by atoms with Gasteiger partial charge in [-0.1, -0.05) is 39.1 Å². The van der Waals surface area contributed by atoms with Crippen molar-refractivity contribution in [2.75, 3.05) is 18.9 Å². The van der Waals surface area contributed by atoms with Crippen LogP contribution in [-0.4, -0.2) is 19.5 Å². The molecule has 0 spiro atoms. The normalized spacial score (nSPS) is 10.1. The molecule has 1 amide bonds. The standard InChI is InChI=1S/C11H13BrCl2N2O/c1-15-10(17)3-2-4-16-11-8(13)5-7(12)6-9(11)14/h5-6,16H,2-4H2,1H3,(H,15,17). The first-order chi connectivity index (χ1) is 8.04.